The minimum atomic E-state index is -3.78. The lowest BCUT2D eigenvalue weighted by molar-refractivity contribution is 0.251. The van der Waals surface area contributed by atoms with Crippen LogP contribution in [0.25, 0.3) is 22.4 Å². The molecular weight excluding hydrogens is 386 g/mol. The molecule has 0 aliphatic carbocycles. The van der Waals surface area contributed by atoms with Gasteiger partial charge in [-0.25, -0.2) is 13.4 Å². The standard InChI is InChI=1S/C22H21N3O3S/c26-14-13-25(16-17-7-3-1-4-8-17)29(27,28)19-11-12-20-21(15-19)24-22(23-20)18-9-5-2-6-10-18/h1-12,15,26H,13-14,16H2,(H,23,24). The van der Waals surface area contributed by atoms with E-state index in [2.05, 4.69) is 9.97 Å². The van der Waals surface area contributed by atoms with E-state index < -0.39 is 10.0 Å². The molecule has 0 aliphatic rings. The molecule has 2 N–H and O–H groups in total. The van der Waals surface area contributed by atoms with Crippen molar-refractivity contribution in [2.24, 2.45) is 0 Å². The van der Waals surface area contributed by atoms with Crippen LogP contribution in [0.3, 0.4) is 0 Å². The number of fused-ring (bicyclic) bond motifs is 1. The van der Waals surface area contributed by atoms with Crippen molar-refractivity contribution in [2.45, 2.75) is 11.4 Å². The van der Waals surface area contributed by atoms with Gasteiger partial charge in [0.1, 0.15) is 5.82 Å². The SMILES string of the molecule is O=S(=O)(c1ccc2nc(-c3ccccc3)[nH]c2c1)N(CCO)Cc1ccccc1. The van der Waals surface area contributed by atoms with Crippen LogP contribution in [0.4, 0.5) is 0 Å². The molecule has 0 unspecified atom stereocenters. The Bertz CT molecular complexity index is 1210. The van der Waals surface area contributed by atoms with Crippen molar-refractivity contribution in [3.8, 4) is 11.4 Å². The Hall–Kier alpha value is -3.00. The molecule has 0 fully saturated rings. The van der Waals surface area contributed by atoms with E-state index in [1.54, 1.807) is 18.2 Å². The molecular formula is C22H21N3O3S. The molecule has 148 valence electrons. The topological polar surface area (TPSA) is 86.3 Å². The highest BCUT2D eigenvalue weighted by Crippen LogP contribution is 2.25. The predicted molar refractivity (Wildman–Crippen MR) is 113 cm³/mol. The van der Waals surface area contributed by atoms with Gasteiger partial charge in [0, 0.05) is 18.7 Å². The number of rotatable bonds is 7. The number of aromatic nitrogens is 2. The smallest absolute Gasteiger partial charge is 0.243 e. The lowest BCUT2D eigenvalue weighted by Gasteiger charge is -2.21. The molecule has 6 nitrogen and oxygen atoms in total. The summed E-state index contributed by atoms with van der Waals surface area (Å²) in [6, 6.07) is 23.9. The lowest BCUT2D eigenvalue weighted by Crippen LogP contribution is -2.33. The Labute approximate surface area is 169 Å². The molecule has 0 saturated heterocycles. The number of H-pyrrole nitrogens is 1. The highest BCUT2D eigenvalue weighted by Gasteiger charge is 2.25. The summed E-state index contributed by atoms with van der Waals surface area (Å²) in [6.45, 7) is -0.0377. The van der Waals surface area contributed by atoms with E-state index >= 15 is 0 Å². The van der Waals surface area contributed by atoms with E-state index in [1.807, 2.05) is 60.7 Å². The number of nitrogens with one attached hydrogen (secondary N) is 1. The Morgan fingerprint density at radius 3 is 2.31 bits per heavy atom. The fourth-order valence-electron chi connectivity index (χ4n) is 3.21. The summed E-state index contributed by atoms with van der Waals surface area (Å²) < 4.78 is 27.7. The van der Waals surface area contributed by atoms with Gasteiger partial charge in [0.25, 0.3) is 0 Å². The molecule has 4 rings (SSSR count). The maximum atomic E-state index is 13.2. The van der Waals surface area contributed by atoms with Crippen LogP contribution in [-0.4, -0.2) is 40.9 Å². The first-order valence-electron chi connectivity index (χ1n) is 9.28. The molecule has 0 bridgehead atoms. The summed E-state index contributed by atoms with van der Waals surface area (Å²) in [5.41, 5.74) is 3.13. The van der Waals surface area contributed by atoms with Crippen LogP contribution in [0.5, 0.6) is 0 Å². The van der Waals surface area contributed by atoms with E-state index in [0.29, 0.717) is 16.9 Å². The van der Waals surface area contributed by atoms with Gasteiger partial charge in [-0.3, -0.25) is 0 Å². The number of sulfonamides is 1. The van der Waals surface area contributed by atoms with Crippen LogP contribution in [0, 0.1) is 0 Å². The number of nitrogens with zero attached hydrogens (tertiary/aromatic N) is 2. The van der Waals surface area contributed by atoms with E-state index in [9.17, 15) is 13.5 Å². The Morgan fingerprint density at radius 1 is 0.931 bits per heavy atom. The molecule has 4 aromatic rings. The minimum Gasteiger partial charge on any atom is -0.395 e. The third-order valence-corrected chi connectivity index (χ3v) is 6.53. The van der Waals surface area contributed by atoms with Gasteiger partial charge in [-0.2, -0.15) is 4.31 Å². The van der Waals surface area contributed by atoms with Crippen molar-refractivity contribution >= 4 is 21.1 Å². The second-order valence-corrected chi connectivity index (χ2v) is 8.62. The molecule has 0 saturated carbocycles. The van der Waals surface area contributed by atoms with Crippen LogP contribution < -0.4 is 0 Å². The Kier molecular flexibility index (Phi) is 5.44. The van der Waals surface area contributed by atoms with Gasteiger partial charge in [-0.05, 0) is 23.8 Å². The van der Waals surface area contributed by atoms with Crippen molar-refractivity contribution in [1.82, 2.24) is 14.3 Å². The summed E-state index contributed by atoms with van der Waals surface area (Å²) in [7, 11) is -3.78. The maximum Gasteiger partial charge on any atom is 0.243 e. The third kappa shape index (κ3) is 4.07. The monoisotopic (exact) mass is 407 g/mol. The van der Waals surface area contributed by atoms with Crippen molar-refractivity contribution in [1.29, 1.82) is 0 Å². The highest BCUT2D eigenvalue weighted by molar-refractivity contribution is 7.89. The number of aliphatic hydroxyl groups is 1. The average Bonchev–Trinajstić information content (AvgIpc) is 3.18. The van der Waals surface area contributed by atoms with Gasteiger partial charge in [-0.15, -0.1) is 0 Å². The molecule has 1 heterocycles. The molecule has 3 aromatic carbocycles. The van der Waals surface area contributed by atoms with Crippen LogP contribution in [0.2, 0.25) is 0 Å². The normalized spacial score (nSPS) is 11.9. The number of hydrogen-bond acceptors (Lipinski definition) is 4. The quantitative estimate of drug-likeness (QED) is 0.492. The summed E-state index contributed by atoms with van der Waals surface area (Å²) in [5.74, 6) is 0.687. The molecule has 29 heavy (non-hydrogen) atoms. The van der Waals surface area contributed by atoms with Gasteiger partial charge in [0.2, 0.25) is 10.0 Å². The second kappa shape index (κ2) is 8.16. The van der Waals surface area contributed by atoms with Crippen molar-refractivity contribution < 1.29 is 13.5 Å². The summed E-state index contributed by atoms with van der Waals surface area (Å²) >= 11 is 0. The number of benzene rings is 3. The summed E-state index contributed by atoms with van der Waals surface area (Å²) in [5, 5.41) is 9.40. The molecule has 1 aromatic heterocycles. The highest BCUT2D eigenvalue weighted by atomic mass is 32.2. The maximum absolute atomic E-state index is 13.2. The van der Waals surface area contributed by atoms with Crippen LogP contribution in [0.1, 0.15) is 5.56 Å². The fourth-order valence-corrected chi connectivity index (χ4v) is 4.66. The number of aromatic amines is 1. The fraction of sp³-hybridized carbons (Fsp3) is 0.136. The zero-order valence-electron chi connectivity index (χ0n) is 15.7. The predicted octanol–water partition coefficient (Wildman–Crippen LogP) is 3.41. The van der Waals surface area contributed by atoms with E-state index in [-0.39, 0.29) is 24.6 Å². The Morgan fingerprint density at radius 2 is 1.62 bits per heavy atom. The largest absolute Gasteiger partial charge is 0.395 e. The Balaban J connectivity index is 1.69. The van der Waals surface area contributed by atoms with Gasteiger partial charge < -0.3 is 10.1 Å². The molecule has 0 aliphatic heterocycles. The van der Waals surface area contributed by atoms with Crippen molar-refractivity contribution in [3.05, 3.63) is 84.4 Å². The van der Waals surface area contributed by atoms with Gasteiger partial charge in [-0.1, -0.05) is 60.7 Å². The number of aliphatic hydroxyl groups excluding tert-OH is 1. The first kappa shape index (κ1) is 19.3. The molecule has 7 heteroatoms. The molecule has 0 atom stereocenters. The van der Waals surface area contributed by atoms with Crippen LogP contribution in [0.15, 0.2) is 83.8 Å². The second-order valence-electron chi connectivity index (χ2n) is 6.68. The van der Waals surface area contributed by atoms with E-state index in [0.717, 1.165) is 11.1 Å². The lowest BCUT2D eigenvalue weighted by atomic mass is 10.2. The first-order valence-corrected chi connectivity index (χ1v) is 10.7. The minimum absolute atomic E-state index is 0.0213. The van der Waals surface area contributed by atoms with Crippen molar-refractivity contribution in [3.63, 3.8) is 0 Å². The van der Waals surface area contributed by atoms with Gasteiger partial charge in [0.15, 0.2) is 0 Å². The summed E-state index contributed by atoms with van der Waals surface area (Å²) in [4.78, 5) is 7.92. The molecule has 0 amide bonds. The average molecular weight is 407 g/mol. The molecule has 0 radical (unpaired) electrons. The number of imidazole rings is 1. The van der Waals surface area contributed by atoms with Crippen molar-refractivity contribution in [2.75, 3.05) is 13.2 Å². The first-order chi connectivity index (χ1) is 14.1. The van der Waals surface area contributed by atoms with Gasteiger partial charge >= 0.3 is 0 Å². The third-order valence-electron chi connectivity index (χ3n) is 4.69. The zero-order valence-corrected chi connectivity index (χ0v) is 16.5. The van der Waals surface area contributed by atoms with Crippen LogP contribution >= 0.6 is 0 Å². The zero-order chi connectivity index (χ0) is 20.3. The van der Waals surface area contributed by atoms with Crippen LogP contribution in [-0.2, 0) is 16.6 Å². The summed E-state index contributed by atoms with van der Waals surface area (Å²) in [6.07, 6.45) is 0. The van der Waals surface area contributed by atoms with E-state index in [1.165, 1.54) is 4.31 Å². The van der Waals surface area contributed by atoms with Gasteiger partial charge in [0.05, 0.1) is 22.5 Å². The number of hydrogen-bond donors (Lipinski definition) is 2. The molecule has 0 spiro atoms. The van der Waals surface area contributed by atoms with E-state index in [4.69, 9.17) is 0 Å².